The third-order valence-corrected chi connectivity index (χ3v) is 4.39. The van der Waals surface area contributed by atoms with E-state index in [1.165, 1.54) is 12.8 Å². The highest BCUT2D eigenvalue weighted by atomic mass is 16.3. The van der Waals surface area contributed by atoms with E-state index in [2.05, 4.69) is 28.0 Å². The molecule has 1 saturated heterocycles. The number of carbonyl (C=O) groups excluding carboxylic acids is 2. The van der Waals surface area contributed by atoms with Crippen LogP contribution in [0.2, 0.25) is 0 Å². The lowest BCUT2D eigenvalue weighted by molar-refractivity contribution is 0.0934. The molecule has 0 bridgehead atoms. The number of piperidine rings is 1. The second-order valence-corrected chi connectivity index (χ2v) is 6.54. The molecule has 3 N–H and O–H groups in total. The van der Waals surface area contributed by atoms with Crippen molar-refractivity contribution in [3.63, 3.8) is 0 Å². The van der Waals surface area contributed by atoms with Crippen molar-refractivity contribution in [1.29, 1.82) is 0 Å². The second-order valence-electron chi connectivity index (χ2n) is 6.54. The Morgan fingerprint density at radius 1 is 1.25 bits per heavy atom. The Morgan fingerprint density at radius 3 is 2.58 bits per heavy atom. The molecule has 2 rings (SSSR count). The zero-order chi connectivity index (χ0) is 17.5. The molecule has 2 heterocycles. The Hall–Kier alpha value is -2.02. The van der Waals surface area contributed by atoms with Gasteiger partial charge in [0.2, 0.25) is 0 Å². The predicted octanol–water partition coefficient (Wildman–Crippen LogP) is 1.96. The summed E-state index contributed by atoms with van der Waals surface area (Å²) in [6.07, 6.45) is 3.41. The van der Waals surface area contributed by atoms with E-state index in [0.717, 1.165) is 32.0 Å². The Bertz CT molecular complexity index is 562. The van der Waals surface area contributed by atoms with Gasteiger partial charge in [-0.15, -0.1) is 0 Å². The first-order valence-corrected chi connectivity index (χ1v) is 8.59. The number of hydrogen-bond donors (Lipinski definition) is 3. The van der Waals surface area contributed by atoms with E-state index in [4.69, 9.17) is 4.42 Å². The average molecular weight is 336 g/mol. The van der Waals surface area contributed by atoms with E-state index in [-0.39, 0.29) is 5.91 Å². The normalized spacial score (nSPS) is 16.0. The minimum atomic E-state index is -0.409. The van der Waals surface area contributed by atoms with E-state index in [1.807, 2.05) is 0 Å². The molecule has 0 aliphatic carbocycles. The van der Waals surface area contributed by atoms with Gasteiger partial charge in [-0.05, 0) is 64.7 Å². The number of aryl methyl sites for hydroxylation is 2. The number of likely N-dealkylation sites (tertiary alicyclic amines) is 1. The molecule has 1 aromatic rings. The lowest BCUT2D eigenvalue weighted by Gasteiger charge is -2.30. The van der Waals surface area contributed by atoms with Gasteiger partial charge < -0.3 is 14.6 Å². The van der Waals surface area contributed by atoms with Gasteiger partial charge in [-0.3, -0.25) is 10.2 Å². The molecule has 7 heteroatoms. The molecule has 134 valence electrons. The highest BCUT2D eigenvalue weighted by Gasteiger charge is 2.15. The van der Waals surface area contributed by atoms with Crippen LogP contribution in [-0.4, -0.2) is 43.0 Å². The van der Waals surface area contributed by atoms with Crippen molar-refractivity contribution in [2.75, 3.05) is 26.2 Å². The van der Waals surface area contributed by atoms with Crippen molar-refractivity contribution in [2.45, 2.75) is 40.0 Å². The first kappa shape index (κ1) is 18.3. The lowest BCUT2D eigenvalue weighted by Crippen LogP contribution is -2.47. The Balaban J connectivity index is 1.58. The fourth-order valence-electron chi connectivity index (χ4n) is 2.87. The molecule has 0 spiro atoms. The quantitative estimate of drug-likeness (QED) is 0.567. The van der Waals surface area contributed by atoms with Gasteiger partial charge in [0.15, 0.2) is 0 Å². The fourth-order valence-corrected chi connectivity index (χ4v) is 2.87. The van der Waals surface area contributed by atoms with Gasteiger partial charge in [0, 0.05) is 6.54 Å². The van der Waals surface area contributed by atoms with Crippen molar-refractivity contribution in [2.24, 2.45) is 5.92 Å². The van der Waals surface area contributed by atoms with Crippen LogP contribution in [0.1, 0.15) is 48.1 Å². The maximum absolute atomic E-state index is 11.9. The summed E-state index contributed by atoms with van der Waals surface area (Å²) in [6.45, 7) is 9.64. The molecular weight excluding hydrogens is 308 g/mol. The molecule has 3 amide bonds. The molecule has 1 aromatic heterocycles. The number of carbonyl (C=O) groups is 2. The SMILES string of the molecule is Cc1cc(C(=O)NNC(=O)NCCCN2CCC(C)CC2)c(C)o1. The summed E-state index contributed by atoms with van der Waals surface area (Å²) in [4.78, 5) is 26.1. The minimum absolute atomic E-state index is 0.387. The summed E-state index contributed by atoms with van der Waals surface area (Å²) >= 11 is 0. The molecule has 0 unspecified atom stereocenters. The van der Waals surface area contributed by atoms with E-state index < -0.39 is 6.03 Å². The maximum Gasteiger partial charge on any atom is 0.333 e. The van der Waals surface area contributed by atoms with Gasteiger partial charge in [-0.1, -0.05) is 6.92 Å². The van der Waals surface area contributed by atoms with E-state index in [1.54, 1.807) is 19.9 Å². The molecule has 1 aliphatic rings. The smallest absolute Gasteiger partial charge is 0.333 e. The highest BCUT2D eigenvalue weighted by Crippen LogP contribution is 2.15. The monoisotopic (exact) mass is 336 g/mol. The molecule has 7 nitrogen and oxygen atoms in total. The summed E-state index contributed by atoms with van der Waals surface area (Å²) in [7, 11) is 0. The van der Waals surface area contributed by atoms with Gasteiger partial charge >= 0.3 is 6.03 Å². The van der Waals surface area contributed by atoms with Crippen molar-refractivity contribution in [3.8, 4) is 0 Å². The van der Waals surface area contributed by atoms with Crippen molar-refractivity contribution in [3.05, 3.63) is 23.2 Å². The molecule has 1 fully saturated rings. The summed E-state index contributed by atoms with van der Waals surface area (Å²) < 4.78 is 5.29. The molecule has 1 aliphatic heterocycles. The average Bonchev–Trinajstić information content (AvgIpc) is 2.89. The zero-order valence-electron chi connectivity index (χ0n) is 14.8. The third kappa shape index (κ3) is 5.56. The second kappa shape index (κ2) is 8.73. The van der Waals surface area contributed by atoms with Gasteiger partial charge in [0.1, 0.15) is 11.5 Å². The number of hydrazine groups is 1. The van der Waals surface area contributed by atoms with Crippen LogP contribution in [0.3, 0.4) is 0 Å². The highest BCUT2D eigenvalue weighted by molar-refractivity contribution is 5.96. The standard InChI is InChI=1S/C17H28N4O3/c1-12-5-9-21(10-6-12)8-4-7-18-17(23)20-19-16(22)15-11-13(2)24-14(15)3/h11-12H,4-10H2,1-3H3,(H,19,22)(H2,18,20,23). The lowest BCUT2D eigenvalue weighted by atomic mass is 9.99. The zero-order valence-corrected chi connectivity index (χ0v) is 14.8. The van der Waals surface area contributed by atoms with Crippen molar-refractivity contribution in [1.82, 2.24) is 21.1 Å². The van der Waals surface area contributed by atoms with Crippen LogP contribution >= 0.6 is 0 Å². The number of nitrogens with zero attached hydrogens (tertiary/aromatic N) is 1. The predicted molar refractivity (Wildman–Crippen MR) is 91.6 cm³/mol. The first-order chi connectivity index (χ1) is 11.5. The molecular formula is C17H28N4O3. The molecule has 0 radical (unpaired) electrons. The van der Waals surface area contributed by atoms with E-state index in [9.17, 15) is 9.59 Å². The van der Waals surface area contributed by atoms with Crippen LogP contribution in [0.4, 0.5) is 4.79 Å². The Kier molecular flexibility index (Phi) is 6.66. The third-order valence-electron chi connectivity index (χ3n) is 4.39. The topological polar surface area (TPSA) is 86.6 Å². The number of urea groups is 1. The van der Waals surface area contributed by atoms with Crippen molar-refractivity contribution < 1.29 is 14.0 Å². The van der Waals surface area contributed by atoms with E-state index >= 15 is 0 Å². The van der Waals surface area contributed by atoms with Crippen molar-refractivity contribution >= 4 is 11.9 Å². The number of furan rings is 1. The summed E-state index contributed by atoms with van der Waals surface area (Å²) in [5.74, 6) is 1.63. The van der Waals surface area contributed by atoms with E-state index in [0.29, 0.717) is 23.6 Å². The fraction of sp³-hybridized carbons (Fsp3) is 0.647. The molecule has 0 aromatic carbocycles. The number of nitrogens with one attached hydrogen (secondary N) is 3. The maximum atomic E-state index is 11.9. The van der Waals surface area contributed by atoms with Crippen LogP contribution in [0, 0.1) is 19.8 Å². The summed E-state index contributed by atoms with van der Waals surface area (Å²) in [5.41, 5.74) is 5.16. The van der Waals surface area contributed by atoms with Gasteiger partial charge in [0.05, 0.1) is 5.56 Å². The van der Waals surface area contributed by atoms with Crippen LogP contribution in [-0.2, 0) is 0 Å². The van der Waals surface area contributed by atoms with Crippen LogP contribution in [0.25, 0.3) is 0 Å². The van der Waals surface area contributed by atoms with Crippen LogP contribution in [0.15, 0.2) is 10.5 Å². The largest absolute Gasteiger partial charge is 0.466 e. The number of hydrogen-bond acceptors (Lipinski definition) is 4. The summed E-state index contributed by atoms with van der Waals surface area (Å²) in [5, 5.41) is 2.74. The molecule has 0 atom stereocenters. The molecule has 24 heavy (non-hydrogen) atoms. The van der Waals surface area contributed by atoms with Crippen LogP contribution < -0.4 is 16.2 Å². The van der Waals surface area contributed by atoms with Gasteiger partial charge in [-0.25, -0.2) is 10.2 Å². The summed E-state index contributed by atoms with van der Waals surface area (Å²) in [6, 6.07) is 1.23. The van der Waals surface area contributed by atoms with Crippen LogP contribution in [0.5, 0.6) is 0 Å². The Labute approximate surface area is 143 Å². The number of amides is 3. The minimum Gasteiger partial charge on any atom is -0.466 e. The van der Waals surface area contributed by atoms with Gasteiger partial charge in [0.25, 0.3) is 5.91 Å². The van der Waals surface area contributed by atoms with Gasteiger partial charge in [-0.2, -0.15) is 0 Å². The number of rotatable bonds is 5. The Morgan fingerprint density at radius 2 is 1.96 bits per heavy atom. The molecule has 0 saturated carbocycles. The first-order valence-electron chi connectivity index (χ1n) is 8.59.